The smallest absolute Gasteiger partial charge is 0.342 e. The summed E-state index contributed by atoms with van der Waals surface area (Å²) in [5.74, 6) is 0.424. The van der Waals surface area contributed by atoms with Gasteiger partial charge in [0.15, 0.2) is 6.61 Å². The van der Waals surface area contributed by atoms with Crippen LogP contribution < -0.4 is 4.74 Å². The molecule has 0 amide bonds. The molecule has 1 aromatic heterocycles. The molecule has 0 saturated heterocycles. The van der Waals surface area contributed by atoms with E-state index in [2.05, 4.69) is 10.1 Å². The molecule has 26 heavy (non-hydrogen) atoms. The van der Waals surface area contributed by atoms with Gasteiger partial charge in [0, 0.05) is 10.5 Å². The lowest BCUT2D eigenvalue weighted by atomic mass is 10.2. The van der Waals surface area contributed by atoms with Crippen LogP contribution in [0.1, 0.15) is 16.2 Å². The molecule has 6 nitrogen and oxygen atoms in total. The van der Waals surface area contributed by atoms with Gasteiger partial charge in [-0.3, -0.25) is 0 Å². The SMILES string of the molecule is COc1cc(SC)ccc1C(=O)OCc1nc(-c2ccccc2Cl)no1. The zero-order valence-corrected chi connectivity index (χ0v) is 15.6. The van der Waals surface area contributed by atoms with Crippen LogP contribution in [-0.2, 0) is 11.3 Å². The number of nitrogens with zero attached hydrogens (tertiary/aromatic N) is 2. The van der Waals surface area contributed by atoms with Crippen molar-refractivity contribution in [1.82, 2.24) is 10.1 Å². The van der Waals surface area contributed by atoms with Crippen molar-refractivity contribution in [1.29, 1.82) is 0 Å². The van der Waals surface area contributed by atoms with Gasteiger partial charge in [-0.25, -0.2) is 4.79 Å². The van der Waals surface area contributed by atoms with Gasteiger partial charge < -0.3 is 14.0 Å². The van der Waals surface area contributed by atoms with Crippen molar-refractivity contribution in [3.8, 4) is 17.1 Å². The average Bonchev–Trinajstić information content (AvgIpc) is 3.14. The van der Waals surface area contributed by atoms with Gasteiger partial charge in [0.1, 0.15) is 11.3 Å². The summed E-state index contributed by atoms with van der Waals surface area (Å²) in [6.45, 7) is -0.149. The number of thioether (sulfide) groups is 1. The Labute approximate surface area is 159 Å². The summed E-state index contributed by atoms with van der Waals surface area (Å²) in [5, 5.41) is 4.37. The Morgan fingerprint density at radius 3 is 2.81 bits per heavy atom. The first-order valence-corrected chi connectivity index (χ1v) is 9.19. The molecule has 0 bridgehead atoms. The van der Waals surface area contributed by atoms with E-state index < -0.39 is 5.97 Å². The van der Waals surface area contributed by atoms with Crippen molar-refractivity contribution in [2.24, 2.45) is 0 Å². The molecule has 0 aliphatic heterocycles. The van der Waals surface area contributed by atoms with Gasteiger partial charge in [-0.2, -0.15) is 4.98 Å². The third-order valence-corrected chi connectivity index (χ3v) is 4.59. The Balaban J connectivity index is 1.70. The van der Waals surface area contributed by atoms with Crippen LogP contribution in [-0.4, -0.2) is 29.5 Å². The van der Waals surface area contributed by atoms with E-state index in [0.29, 0.717) is 27.7 Å². The minimum Gasteiger partial charge on any atom is -0.496 e. The highest BCUT2D eigenvalue weighted by molar-refractivity contribution is 7.98. The molecule has 0 saturated carbocycles. The van der Waals surface area contributed by atoms with E-state index in [1.165, 1.54) is 7.11 Å². The molecule has 0 fully saturated rings. The van der Waals surface area contributed by atoms with E-state index in [9.17, 15) is 4.79 Å². The van der Waals surface area contributed by atoms with Gasteiger partial charge in [-0.05, 0) is 36.6 Å². The lowest BCUT2D eigenvalue weighted by Gasteiger charge is -2.09. The first-order chi connectivity index (χ1) is 12.6. The van der Waals surface area contributed by atoms with Crippen molar-refractivity contribution in [3.05, 3.63) is 58.9 Å². The summed E-state index contributed by atoms with van der Waals surface area (Å²) in [6.07, 6.45) is 1.94. The number of esters is 1. The fraction of sp³-hybridized carbons (Fsp3) is 0.167. The standard InChI is InChI=1S/C18H15ClN2O4S/c1-23-15-9-11(26-2)7-8-13(15)18(22)24-10-16-20-17(21-25-16)12-5-3-4-6-14(12)19/h3-9H,10H2,1-2H3. The predicted octanol–water partition coefficient (Wildman–Crippen LogP) is 4.48. The highest BCUT2D eigenvalue weighted by Gasteiger charge is 2.17. The van der Waals surface area contributed by atoms with Crippen molar-refractivity contribution in [2.45, 2.75) is 11.5 Å². The molecule has 2 aromatic carbocycles. The highest BCUT2D eigenvalue weighted by atomic mass is 35.5. The van der Waals surface area contributed by atoms with Gasteiger partial charge in [0.2, 0.25) is 5.82 Å². The van der Waals surface area contributed by atoms with Gasteiger partial charge in [0.05, 0.1) is 12.1 Å². The quantitative estimate of drug-likeness (QED) is 0.453. The van der Waals surface area contributed by atoms with Crippen LogP contribution in [0.5, 0.6) is 5.75 Å². The number of carbonyl (C=O) groups excluding carboxylic acids is 1. The summed E-state index contributed by atoms with van der Waals surface area (Å²) >= 11 is 7.67. The highest BCUT2D eigenvalue weighted by Crippen LogP contribution is 2.27. The number of benzene rings is 2. The minimum absolute atomic E-state index is 0.149. The van der Waals surface area contributed by atoms with E-state index in [1.807, 2.05) is 24.5 Å². The Morgan fingerprint density at radius 1 is 1.27 bits per heavy atom. The Bertz CT molecular complexity index is 929. The van der Waals surface area contributed by atoms with Crippen LogP contribution >= 0.6 is 23.4 Å². The molecular weight excluding hydrogens is 376 g/mol. The van der Waals surface area contributed by atoms with Gasteiger partial charge >= 0.3 is 5.97 Å². The number of carbonyl (C=O) groups is 1. The number of ether oxygens (including phenoxy) is 2. The van der Waals surface area contributed by atoms with Crippen LogP contribution in [0.2, 0.25) is 5.02 Å². The number of rotatable bonds is 6. The van der Waals surface area contributed by atoms with Crippen molar-refractivity contribution >= 4 is 29.3 Å². The largest absolute Gasteiger partial charge is 0.496 e. The van der Waals surface area contributed by atoms with E-state index in [4.69, 9.17) is 25.6 Å². The first-order valence-electron chi connectivity index (χ1n) is 7.59. The van der Waals surface area contributed by atoms with Gasteiger partial charge in [-0.15, -0.1) is 11.8 Å². The van der Waals surface area contributed by atoms with Crippen molar-refractivity contribution in [3.63, 3.8) is 0 Å². The lowest BCUT2D eigenvalue weighted by molar-refractivity contribution is 0.0426. The van der Waals surface area contributed by atoms with Crippen LogP contribution in [0.25, 0.3) is 11.4 Å². The average molecular weight is 391 g/mol. The second kappa shape index (κ2) is 8.25. The minimum atomic E-state index is -0.535. The van der Waals surface area contributed by atoms with E-state index in [0.717, 1.165) is 4.90 Å². The maximum Gasteiger partial charge on any atom is 0.342 e. The molecule has 3 aromatic rings. The lowest BCUT2D eigenvalue weighted by Crippen LogP contribution is -2.07. The second-order valence-corrected chi connectivity index (χ2v) is 6.42. The summed E-state index contributed by atoms with van der Waals surface area (Å²) < 4.78 is 15.6. The molecule has 0 atom stereocenters. The van der Waals surface area contributed by atoms with Crippen molar-refractivity contribution in [2.75, 3.05) is 13.4 Å². The van der Waals surface area contributed by atoms with E-state index in [1.54, 1.807) is 36.0 Å². The van der Waals surface area contributed by atoms with Crippen LogP contribution in [0.15, 0.2) is 51.9 Å². The molecule has 0 aliphatic carbocycles. The summed E-state index contributed by atoms with van der Waals surface area (Å²) in [7, 11) is 1.50. The topological polar surface area (TPSA) is 74.5 Å². The van der Waals surface area contributed by atoms with Crippen LogP contribution in [0.4, 0.5) is 0 Å². The van der Waals surface area contributed by atoms with Crippen LogP contribution in [0, 0.1) is 0 Å². The summed E-state index contributed by atoms with van der Waals surface area (Å²) in [6, 6.07) is 12.4. The molecule has 0 aliphatic rings. The zero-order chi connectivity index (χ0) is 18.5. The Kier molecular flexibility index (Phi) is 5.80. The van der Waals surface area contributed by atoms with Crippen LogP contribution in [0.3, 0.4) is 0 Å². The maximum absolute atomic E-state index is 12.3. The molecule has 3 rings (SSSR count). The maximum atomic E-state index is 12.3. The molecule has 0 radical (unpaired) electrons. The first kappa shape index (κ1) is 18.3. The third-order valence-electron chi connectivity index (χ3n) is 3.54. The zero-order valence-electron chi connectivity index (χ0n) is 14.1. The molecular formula is C18H15ClN2O4S. The fourth-order valence-electron chi connectivity index (χ4n) is 2.24. The molecule has 0 unspecified atom stereocenters. The summed E-state index contributed by atoms with van der Waals surface area (Å²) in [5.41, 5.74) is 0.973. The second-order valence-electron chi connectivity index (χ2n) is 5.13. The number of aromatic nitrogens is 2. The van der Waals surface area contributed by atoms with Gasteiger partial charge in [0.25, 0.3) is 5.89 Å². The molecule has 1 heterocycles. The number of hydrogen-bond acceptors (Lipinski definition) is 7. The Hall–Kier alpha value is -2.51. The number of halogens is 1. The predicted molar refractivity (Wildman–Crippen MR) is 98.6 cm³/mol. The molecule has 0 N–H and O–H groups in total. The van der Waals surface area contributed by atoms with E-state index >= 15 is 0 Å². The van der Waals surface area contributed by atoms with Gasteiger partial charge in [-0.1, -0.05) is 28.9 Å². The number of methoxy groups -OCH3 is 1. The Morgan fingerprint density at radius 2 is 2.08 bits per heavy atom. The van der Waals surface area contributed by atoms with E-state index in [-0.39, 0.29) is 12.5 Å². The monoisotopic (exact) mass is 390 g/mol. The normalized spacial score (nSPS) is 10.6. The molecule has 134 valence electrons. The number of hydrogen-bond donors (Lipinski definition) is 0. The molecule has 8 heteroatoms. The molecule has 0 spiro atoms. The van der Waals surface area contributed by atoms with Crippen molar-refractivity contribution < 1.29 is 18.8 Å². The third kappa shape index (κ3) is 4.00. The summed E-state index contributed by atoms with van der Waals surface area (Å²) in [4.78, 5) is 17.5. The fourth-order valence-corrected chi connectivity index (χ4v) is 2.89.